The topological polar surface area (TPSA) is 192 Å². The first kappa shape index (κ1) is 28.3. The Bertz CT molecular complexity index is 1060. The van der Waals surface area contributed by atoms with Crippen LogP contribution in [0.15, 0.2) is 24.3 Å². The van der Waals surface area contributed by atoms with Crippen molar-refractivity contribution in [3.63, 3.8) is 0 Å². The van der Waals surface area contributed by atoms with E-state index in [0.717, 1.165) is 12.1 Å². The van der Waals surface area contributed by atoms with Gasteiger partial charge in [-0.05, 0) is 26.0 Å². The van der Waals surface area contributed by atoms with E-state index in [1.165, 1.54) is 0 Å². The van der Waals surface area contributed by atoms with Crippen molar-refractivity contribution in [1.82, 2.24) is 0 Å². The summed E-state index contributed by atoms with van der Waals surface area (Å²) in [5.74, 6) is -3.14. The van der Waals surface area contributed by atoms with E-state index >= 15 is 0 Å². The molecule has 0 aromatic heterocycles. The Kier molecular flexibility index (Phi) is 7.77. The lowest BCUT2D eigenvalue weighted by atomic mass is 9.63. The van der Waals surface area contributed by atoms with Crippen LogP contribution in [0.4, 0.5) is 0 Å². The molecule has 12 nitrogen and oxygen atoms in total. The van der Waals surface area contributed by atoms with Gasteiger partial charge in [0.25, 0.3) is 0 Å². The molecule has 2 aliphatic heterocycles. The summed E-state index contributed by atoms with van der Waals surface area (Å²) in [7, 11) is 0. The van der Waals surface area contributed by atoms with Gasteiger partial charge in [0.2, 0.25) is 0 Å². The molecule has 2 saturated heterocycles. The largest absolute Gasteiger partial charge is 0.504 e. The fraction of sp³-hybridized carbons (Fsp3) is 0.615. The predicted octanol–water partition coefficient (Wildman–Crippen LogP) is 0.503. The third-order valence-corrected chi connectivity index (χ3v) is 7.57. The fourth-order valence-electron chi connectivity index (χ4n) is 5.56. The number of aliphatic hydroxyl groups is 3. The number of hydrogen-bond donors (Lipinski definition) is 6. The Morgan fingerprint density at radius 3 is 2.39 bits per heavy atom. The van der Waals surface area contributed by atoms with Gasteiger partial charge >= 0.3 is 5.97 Å². The molecule has 3 aliphatic rings. The lowest BCUT2D eigenvalue weighted by Gasteiger charge is -2.41. The number of benzene rings is 1. The number of esters is 1. The number of phenolic OH excluding ortho intramolecular Hbond substituents is 3. The third kappa shape index (κ3) is 5.37. The number of ketones is 1. The van der Waals surface area contributed by atoms with Gasteiger partial charge in [0.05, 0.1) is 23.9 Å². The molecule has 1 aromatic rings. The van der Waals surface area contributed by atoms with E-state index in [4.69, 9.17) is 18.9 Å². The van der Waals surface area contributed by atoms with Gasteiger partial charge in [-0.2, -0.15) is 0 Å². The van der Waals surface area contributed by atoms with Gasteiger partial charge in [-0.25, -0.2) is 4.79 Å². The molecule has 12 heteroatoms. The predicted molar refractivity (Wildman–Crippen MR) is 128 cm³/mol. The lowest BCUT2D eigenvalue weighted by Crippen LogP contribution is -2.59. The van der Waals surface area contributed by atoms with Crippen LogP contribution in [0, 0.1) is 11.3 Å². The highest BCUT2D eigenvalue weighted by Gasteiger charge is 2.57. The van der Waals surface area contributed by atoms with Gasteiger partial charge in [0.1, 0.15) is 36.8 Å². The molecule has 6 N–H and O–H groups in total. The lowest BCUT2D eigenvalue weighted by molar-refractivity contribution is -0.306. The van der Waals surface area contributed by atoms with Crippen molar-refractivity contribution in [1.29, 1.82) is 0 Å². The summed E-state index contributed by atoms with van der Waals surface area (Å²) in [5, 5.41) is 59.7. The summed E-state index contributed by atoms with van der Waals surface area (Å²) in [4.78, 5) is 24.5. The summed E-state index contributed by atoms with van der Waals surface area (Å²) in [6.07, 6.45) is -3.68. The normalized spacial score (nSPS) is 37.9. The van der Waals surface area contributed by atoms with Gasteiger partial charge in [-0.1, -0.05) is 19.1 Å². The first-order chi connectivity index (χ1) is 17.7. The Labute approximate surface area is 219 Å². The molecule has 4 rings (SSSR count). The molecule has 0 amide bonds. The molecule has 2 heterocycles. The minimum Gasteiger partial charge on any atom is -0.504 e. The molecule has 2 bridgehead atoms. The molecule has 0 unspecified atom stereocenters. The van der Waals surface area contributed by atoms with Crippen molar-refractivity contribution in [3.05, 3.63) is 29.8 Å². The van der Waals surface area contributed by atoms with Gasteiger partial charge < -0.3 is 49.6 Å². The molecule has 0 radical (unpaired) electrons. The number of hydrogen-bond acceptors (Lipinski definition) is 12. The second kappa shape index (κ2) is 10.4. The molecule has 1 saturated carbocycles. The number of rotatable bonds is 7. The van der Waals surface area contributed by atoms with Crippen molar-refractivity contribution in [2.24, 2.45) is 11.3 Å². The maximum Gasteiger partial charge on any atom is 0.338 e. The van der Waals surface area contributed by atoms with Gasteiger partial charge in [0.15, 0.2) is 23.5 Å². The molecular weight excluding hydrogens is 504 g/mol. The van der Waals surface area contributed by atoms with Crippen LogP contribution < -0.4 is 0 Å². The molecular formula is C26H34O12. The smallest absolute Gasteiger partial charge is 0.338 e. The van der Waals surface area contributed by atoms with Crippen LogP contribution in [0.25, 0.3) is 0 Å². The third-order valence-electron chi connectivity index (χ3n) is 7.57. The first-order valence-corrected chi connectivity index (χ1v) is 12.4. The Balaban J connectivity index is 1.38. The monoisotopic (exact) mass is 538 g/mol. The minimum absolute atomic E-state index is 0.0331. The number of fused-ring (bicyclic) bond motifs is 2. The van der Waals surface area contributed by atoms with Crippen LogP contribution in [0.5, 0.6) is 17.2 Å². The summed E-state index contributed by atoms with van der Waals surface area (Å²) in [6.45, 7) is 5.53. The van der Waals surface area contributed by atoms with E-state index in [0.29, 0.717) is 19.4 Å². The number of aliphatic hydroxyl groups excluding tert-OH is 3. The maximum absolute atomic E-state index is 12.3. The van der Waals surface area contributed by atoms with E-state index in [1.54, 1.807) is 13.0 Å². The summed E-state index contributed by atoms with van der Waals surface area (Å²) in [5.41, 5.74) is -1.22. The van der Waals surface area contributed by atoms with Crippen LogP contribution in [0.3, 0.4) is 0 Å². The second-order valence-corrected chi connectivity index (χ2v) is 10.8. The van der Waals surface area contributed by atoms with E-state index < -0.39 is 72.2 Å². The molecule has 38 heavy (non-hydrogen) atoms. The SMILES string of the molecule is C[C@H](/C=C/[C@@H]1[C@@]2(C)CO[C@]1(C)CC(=O)C2)O[C@H]1O[C@@H](COC(=O)c2cc(O)c(O)c(O)c2)[C@H](O)[C@@H](O)[C@@H]1O. The number of carbonyl (C=O) groups is 2. The van der Waals surface area contributed by atoms with Crippen molar-refractivity contribution in [3.8, 4) is 17.2 Å². The Morgan fingerprint density at radius 1 is 1.11 bits per heavy atom. The number of carbonyl (C=O) groups excluding carboxylic acids is 2. The van der Waals surface area contributed by atoms with Crippen molar-refractivity contribution in [2.75, 3.05) is 13.2 Å². The van der Waals surface area contributed by atoms with E-state index in [2.05, 4.69) is 0 Å². The van der Waals surface area contributed by atoms with E-state index in [9.17, 15) is 40.2 Å². The van der Waals surface area contributed by atoms with E-state index in [1.807, 2.05) is 19.9 Å². The van der Waals surface area contributed by atoms with Crippen LogP contribution >= 0.6 is 0 Å². The minimum atomic E-state index is -1.66. The molecule has 0 spiro atoms. The van der Waals surface area contributed by atoms with Crippen LogP contribution in [0.1, 0.15) is 44.0 Å². The number of Topliss-reactive ketones (excluding diaryl/α,β-unsaturated/α-hetero) is 1. The zero-order valence-corrected chi connectivity index (χ0v) is 21.3. The zero-order chi connectivity index (χ0) is 28.0. The second-order valence-electron chi connectivity index (χ2n) is 10.8. The Hall–Kier alpha value is -2.74. The van der Waals surface area contributed by atoms with Gasteiger partial charge in [-0.3, -0.25) is 4.79 Å². The highest BCUT2D eigenvalue weighted by Crippen LogP contribution is 2.53. The van der Waals surface area contributed by atoms with Crippen molar-refractivity contribution in [2.45, 2.75) is 76.0 Å². The number of ether oxygens (including phenoxy) is 4. The average molecular weight is 539 g/mol. The maximum atomic E-state index is 12.3. The highest BCUT2D eigenvalue weighted by atomic mass is 16.7. The highest BCUT2D eigenvalue weighted by molar-refractivity contribution is 5.91. The summed E-state index contributed by atoms with van der Waals surface area (Å²) in [6, 6.07) is 1.77. The van der Waals surface area contributed by atoms with Gasteiger partial charge in [-0.15, -0.1) is 0 Å². The number of aromatic hydroxyl groups is 3. The van der Waals surface area contributed by atoms with Crippen LogP contribution in [0.2, 0.25) is 0 Å². The molecule has 1 aliphatic carbocycles. The average Bonchev–Trinajstić information content (AvgIpc) is 3.00. The number of phenols is 3. The quantitative estimate of drug-likeness (QED) is 0.160. The van der Waals surface area contributed by atoms with E-state index in [-0.39, 0.29) is 22.7 Å². The van der Waals surface area contributed by atoms with Gasteiger partial charge in [0, 0.05) is 24.2 Å². The standard InChI is InChI=1S/C26H34O12/c1-12(4-5-18-25(2)8-14(27)9-26(18,3)36-11-25)37-24-22(33)21(32)20(31)17(38-24)10-35-23(34)13-6-15(28)19(30)16(29)7-13/h4-7,12,17-18,20-22,24,28-33H,8-11H2,1-3H3/b5-4+/t12-,17+,18-,20+,21-,22+,24+,25-,26-/m1/s1. The van der Waals surface area contributed by atoms with Crippen LogP contribution in [-0.2, 0) is 23.7 Å². The zero-order valence-electron chi connectivity index (χ0n) is 21.3. The summed E-state index contributed by atoms with van der Waals surface area (Å²) >= 11 is 0. The Morgan fingerprint density at radius 2 is 1.76 bits per heavy atom. The fourth-order valence-corrected chi connectivity index (χ4v) is 5.56. The van der Waals surface area contributed by atoms with Crippen LogP contribution in [-0.4, -0.2) is 98.0 Å². The van der Waals surface area contributed by atoms with Crippen molar-refractivity contribution >= 4 is 11.8 Å². The summed E-state index contributed by atoms with van der Waals surface area (Å²) < 4.78 is 22.4. The molecule has 3 fully saturated rings. The molecule has 1 aromatic carbocycles. The van der Waals surface area contributed by atoms with Crippen molar-refractivity contribution < 1.29 is 59.2 Å². The molecule has 210 valence electrons. The first-order valence-electron chi connectivity index (χ1n) is 12.4. The molecule has 9 atom stereocenters.